The second-order valence-electron chi connectivity index (χ2n) is 3.27. The molecule has 0 aliphatic heterocycles. The predicted octanol–water partition coefficient (Wildman–Crippen LogP) is -0.447. The van der Waals surface area contributed by atoms with E-state index in [9.17, 15) is 0 Å². The van der Waals surface area contributed by atoms with Crippen molar-refractivity contribution in [3.63, 3.8) is 0 Å². The molecule has 0 aromatic carbocycles. The van der Waals surface area contributed by atoms with Crippen molar-refractivity contribution in [1.82, 2.24) is 5.32 Å². The van der Waals surface area contributed by atoms with Crippen LogP contribution in [0.2, 0.25) is 0 Å². The van der Waals surface area contributed by atoms with Crippen molar-refractivity contribution in [3.05, 3.63) is 0 Å². The quantitative estimate of drug-likeness (QED) is 0.461. The molecule has 4 N–H and O–H groups in total. The van der Waals surface area contributed by atoms with Gasteiger partial charge in [0.25, 0.3) is 0 Å². The van der Waals surface area contributed by atoms with Crippen LogP contribution in [0.25, 0.3) is 0 Å². The highest BCUT2D eigenvalue weighted by atomic mass is 16.3. The lowest BCUT2D eigenvalue weighted by atomic mass is 9.94. The maximum absolute atomic E-state index is 8.44. The summed E-state index contributed by atoms with van der Waals surface area (Å²) in [6, 6.07) is 0. The minimum atomic E-state index is 0.148. The van der Waals surface area contributed by atoms with Crippen molar-refractivity contribution < 1.29 is 5.11 Å². The lowest BCUT2D eigenvalue weighted by Crippen LogP contribution is -2.36. The second kappa shape index (κ2) is 4.66. The average Bonchev–Trinajstić information content (AvgIpc) is 1.89. The van der Waals surface area contributed by atoms with Crippen molar-refractivity contribution in [3.8, 4) is 0 Å². The highest BCUT2D eigenvalue weighted by Gasteiger charge is 2.13. The van der Waals surface area contributed by atoms with Crippen LogP contribution in [0.3, 0.4) is 0 Å². The van der Waals surface area contributed by atoms with Gasteiger partial charge in [-0.15, -0.1) is 0 Å². The van der Waals surface area contributed by atoms with Gasteiger partial charge in [0.1, 0.15) is 0 Å². The molecule has 0 bridgehead atoms. The molecule has 0 atom stereocenters. The monoisotopic (exact) mass is 146 g/mol. The Morgan fingerprint density at radius 3 is 2.50 bits per heavy atom. The van der Waals surface area contributed by atoms with E-state index < -0.39 is 0 Å². The summed E-state index contributed by atoms with van der Waals surface area (Å²) in [5, 5.41) is 11.5. The zero-order valence-corrected chi connectivity index (χ0v) is 6.85. The van der Waals surface area contributed by atoms with Gasteiger partial charge in [-0.1, -0.05) is 13.8 Å². The minimum Gasteiger partial charge on any atom is -0.395 e. The van der Waals surface area contributed by atoms with E-state index in [4.69, 9.17) is 10.8 Å². The van der Waals surface area contributed by atoms with Gasteiger partial charge >= 0.3 is 0 Å². The lowest BCUT2D eigenvalue weighted by molar-refractivity contribution is 0.275. The third kappa shape index (κ3) is 4.73. The van der Waals surface area contributed by atoms with Crippen LogP contribution in [-0.4, -0.2) is 31.3 Å². The molecule has 0 amide bonds. The topological polar surface area (TPSA) is 58.3 Å². The van der Waals surface area contributed by atoms with Crippen molar-refractivity contribution in [1.29, 1.82) is 0 Å². The molecular weight excluding hydrogens is 128 g/mol. The molecule has 3 nitrogen and oxygen atoms in total. The maximum atomic E-state index is 8.44. The molecule has 0 unspecified atom stereocenters. The van der Waals surface area contributed by atoms with E-state index in [0.717, 1.165) is 6.54 Å². The van der Waals surface area contributed by atoms with E-state index in [1.54, 1.807) is 0 Å². The van der Waals surface area contributed by atoms with E-state index in [2.05, 4.69) is 19.2 Å². The summed E-state index contributed by atoms with van der Waals surface area (Å²) in [4.78, 5) is 0. The van der Waals surface area contributed by atoms with Crippen LogP contribution in [0.1, 0.15) is 13.8 Å². The molecule has 0 fully saturated rings. The molecule has 0 aliphatic carbocycles. The Balaban J connectivity index is 3.28. The highest BCUT2D eigenvalue weighted by Crippen LogP contribution is 2.09. The predicted molar refractivity (Wildman–Crippen MR) is 42.8 cm³/mol. The highest BCUT2D eigenvalue weighted by molar-refractivity contribution is 4.71. The van der Waals surface area contributed by atoms with Crippen LogP contribution in [0.5, 0.6) is 0 Å². The van der Waals surface area contributed by atoms with Crippen molar-refractivity contribution in [2.24, 2.45) is 11.1 Å². The summed E-state index contributed by atoms with van der Waals surface area (Å²) >= 11 is 0. The number of aliphatic hydroxyl groups is 1. The van der Waals surface area contributed by atoms with E-state index in [-0.39, 0.29) is 12.0 Å². The standard InChI is InChI=1S/C7H18N2O/c1-7(2,5-8)6-9-3-4-10/h9-10H,3-6,8H2,1-2H3. The van der Waals surface area contributed by atoms with Crippen LogP contribution in [0.15, 0.2) is 0 Å². The van der Waals surface area contributed by atoms with Gasteiger partial charge in [0.15, 0.2) is 0 Å². The summed E-state index contributed by atoms with van der Waals surface area (Å²) in [7, 11) is 0. The van der Waals surface area contributed by atoms with Crippen molar-refractivity contribution in [2.45, 2.75) is 13.8 Å². The van der Waals surface area contributed by atoms with Crippen molar-refractivity contribution in [2.75, 3.05) is 26.2 Å². The van der Waals surface area contributed by atoms with Gasteiger partial charge in [-0.3, -0.25) is 0 Å². The maximum Gasteiger partial charge on any atom is 0.0555 e. The molecule has 0 rings (SSSR count). The average molecular weight is 146 g/mol. The zero-order chi connectivity index (χ0) is 8.04. The normalized spacial score (nSPS) is 12.0. The van der Waals surface area contributed by atoms with E-state index in [1.165, 1.54) is 0 Å². The Bertz CT molecular complexity index is 83.7. The van der Waals surface area contributed by atoms with Gasteiger partial charge in [-0.2, -0.15) is 0 Å². The largest absolute Gasteiger partial charge is 0.395 e. The number of aliphatic hydroxyl groups excluding tert-OH is 1. The van der Waals surface area contributed by atoms with Crippen LogP contribution in [0, 0.1) is 5.41 Å². The number of nitrogens with one attached hydrogen (secondary N) is 1. The Morgan fingerprint density at radius 2 is 2.10 bits per heavy atom. The molecule has 3 heteroatoms. The first kappa shape index (κ1) is 9.88. The molecule has 62 valence electrons. The number of hydrogen-bond donors (Lipinski definition) is 3. The molecular formula is C7H18N2O. The lowest BCUT2D eigenvalue weighted by Gasteiger charge is -2.22. The van der Waals surface area contributed by atoms with Gasteiger partial charge in [0.05, 0.1) is 6.61 Å². The van der Waals surface area contributed by atoms with Gasteiger partial charge in [-0.25, -0.2) is 0 Å². The molecule has 10 heavy (non-hydrogen) atoms. The summed E-state index contributed by atoms with van der Waals surface area (Å²) in [5.74, 6) is 0. The first-order valence-corrected chi connectivity index (χ1v) is 3.64. The van der Waals surface area contributed by atoms with Crippen LogP contribution < -0.4 is 11.1 Å². The molecule has 0 radical (unpaired) electrons. The first-order valence-electron chi connectivity index (χ1n) is 3.64. The third-order valence-corrected chi connectivity index (χ3v) is 1.44. The third-order valence-electron chi connectivity index (χ3n) is 1.44. The van der Waals surface area contributed by atoms with Crippen LogP contribution in [0.4, 0.5) is 0 Å². The Kier molecular flexibility index (Phi) is 4.60. The zero-order valence-electron chi connectivity index (χ0n) is 6.85. The summed E-state index contributed by atoms with van der Waals surface area (Å²) in [5.41, 5.74) is 5.63. The van der Waals surface area contributed by atoms with Crippen LogP contribution in [-0.2, 0) is 0 Å². The number of rotatable bonds is 5. The SMILES string of the molecule is CC(C)(CN)CNCCO. The van der Waals surface area contributed by atoms with E-state index in [1.807, 2.05) is 0 Å². The van der Waals surface area contributed by atoms with Crippen LogP contribution >= 0.6 is 0 Å². The molecule has 0 saturated heterocycles. The summed E-state index contributed by atoms with van der Waals surface area (Å²) in [6.07, 6.45) is 0. The Hall–Kier alpha value is -0.120. The Morgan fingerprint density at radius 1 is 1.50 bits per heavy atom. The van der Waals surface area contributed by atoms with Gasteiger partial charge < -0.3 is 16.2 Å². The van der Waals surface area contributed by atoms with Gasteiger partial charge in [0, 0.05) is 13.1 Å². The number of nitrogens with two attached hydrogens (primary N) is 1. The van der Waals surface area contributed by atoms with E-state index in [0.29, 0.717) is 13.1 Å². The number of hydrogen-bond acceptors (Lipinski definition) is 3. The molecule has 0 saturated carbocycles. The molecule has 0 spiro atoms. The minimum absolute atomic E-state index is 0.148. The Labute approximate surface area is 62.6 Å². The fourth-order valence-electron chi connectivity index (χ4n) is 0.578. The van der Waals surface area contributed by atoms with Gasteiger partial charge in [-0.05, 0) is 12.0 Å². The molecule has 0 heterocycles. The fraction of sp³-hybridized carbons (Fsp3) is 1.00. The van der Waals surface area contributed by atoms with E-state index >= 15 is 0 Å². The summed E-state index contributed by atoms with van der Waals surface area (Å²) in [6.45, 7) is 6.58. The molecule has 0 aromatic heterocycles. The van der Waals surface area contributed by atoms with Gasteiger partial charge in [0.2, 0.25) is 0 Å². The summed E-state index contributed by atoms with van der Waals surface area (Å²) < 4.78 is 0. The second-order valence-corrected chi connectivity index (χ2v) is 3.27. The first-order chi connectivity index (χ1) is 4.62. The molecule has 0 aliphatic rings. The smallest absolute Gasteiger partial charge is 0.0555 e. The molecule has 0 aromatic rings. The fourth-order valence-corrected chi connectivity index (χ4v) is 0.578. The van der Waals surface area contributed by atoms with Crippen molar-refractivity contribution >= 4 is 0 Å².